The van der Waals surface area contributed by atoms with E-state index in [1.807, 2.05) is 24.3 Å². The third-order valence-electron chi connectivity index (χ3n) is 4.53. The van der Waals surface area contributed by atoms with Gasteiger partial charge in [0.2, 0.25) is 5.91 Å². The van der Waals surface area contributed by atoms with Crippen LogP contribution in [0.2, 0.25) is 0 Å². The predicted molar refractivity (Wildman–Crippen MR) is 118 cm³/mol. The van der Waals surface area contributed by atoms with Crippen LogP contribution in [0.5, 0.6) is 0 Å². The summed E-state index contributed by atoms with van der Waals surface area (Å²) in [7, 11) is 0. The summed E-state index contributed by atoms with van der Waals surface area (Å²) in [5.41, 5.74) is 8.80. The highest BCUT2D eigenvalue weighted by Gasteiger charge is 2.20. The topological polar surface area (TPSA) is 142 Å². The number of aromatic nitrogens is 2. The van der Waals surface area contributed by atoms with E-state index in [1.165, 1.54) is 11.8 Å². The zero-order chi connectivity index (χ0) is 22.4. The SMILES string of the molecule is CCc1ccc(-c2c(C#N)c(N)nc(SCCC(=O)Nc3cc(C)on3)c2C#N)cc1. The van der Waals surface area contributed by atoms with Crippen molar-refractivity contribution in [3.8, 4) is 23.3 Å². The molecule has 2 aromatic heterocycles. The summed E-state index contributed by atoms with van der Waals surface area (Å²) >= 11 is 1.24. The van der Waals surface area contributed by atoms with E-state index in [0.717, 1.165) is 17.5 Å². The summed E-state index contributed by atoms with van der Waals surface area (Å²) in [6, 6.07) is 13.5. The molecule has 0 aliphatic carbocycles. The zero-order valence-electron chi connectivity index (χ0n) is 17.1. The van der Waals surface area contributed by atoms with Crippen molar-refractivity contribution in [2.24, 2.45) is 0 Å². The van der Waals surface area contributed by atoms with Crippen LogP contribution in [-0.2, 0) is 11.2 Å². The molecule has 1 amide bonds. The Morgan fingerprint density at radius 3 is 2.52 bits per heavy atom. The van der Waals surface area contributed by atoms with E-state index in [1.54, 1.807) is 13.0 Å². The van der Waals surface area contributed by atoms with E-state index in [0.29, 0.717) is 27.9 Å². The maximum atomic E-state index is 12.1. The van der Waals surface area contributed by atoms with E-state index in [9.17, 15) is 15.3 Å². The number of nitrogens with two attached hydrogens (primary N) is 1. The van der Waals surface area contributed by atoms with Crippen LogP contribution in [0.3, 0.4) is 0 Å². The van der Waals surface area contributed by atoms with E-state index < -0.39 is 0 Å². The minimum atomic E-state index is -0.240. The van der Waals surface area contributed by atoms with Gasteiger partial charge in [-0.1, -0.05) is 36.3 Å². The van der Waals surface area contributed by atoms with Gasteiger partial charge in [0.15, 0.2) is 5.82 Å². The minimum absolute atomic E-state index is 0.0566. The lowest BCUT2D eigenvalue weighted by atomic mass is 9.96. The average Bonchev–Trinajstić information content (AvgIpc) is 3.17. The molecule has 8 nitrogen and oxygen atoms in total. The van der Waals surface area contributed by atoms with Crippen LogP contribution in [0.25, 0.3) is 11.1 Å². The summed E-state index contributed by atoms with van der Waals surface area (Å²) in [5, 5.41) is 26.2. The Labute approximate surface area is 184 Å². The third-order valence-corrected chi connectivity index (χ3v) is 5.51. The first-order valence-corrected chi connectivity index (χ1v) is 10.5. The molecular formula is C22H20N6O2S. The number of nitrogen functional groups attached to an aromatic ring is 1. The molecule has 0 spiro atoms. The molecule has 0 aliphatic heterocycles. The van der Waals surface area contributed by atoms with Crippen LogP contribution in [0.1, 0.15) is 35.8 Å². The number of nitriles is 2. The number of nitrogens with one attached hydrogen (secondary N) is 1. The maximum absolute atomic E-state index is 12.1. The molecule has 3 N–H and O–H groups in total. The average molecular weight is 433 g/mol. The van der Waals surface area contributed by atoms with Gasteiger partial charge >= 0.3 is 0 Å². The van der Waals surface area contributed by atoms with Crippen molar-refractivity contribution in [2.45, 2.75) is 31.7 Å². The molecule has 0 bridgehead atoms. The number of aryl methyl sites for hydroxylation is 2. The number of benzene rings is 1. The Morgan fingerprint density at radius 2 is 1.94 bits per heavy atom. The summed E-state index contributed by atoms with van der Waals surface area (Å²) in [5.74, 6) is 1.13. The molecule has 0 unspecified atom stereocenters. The van der Waals surface area contributed by atoms with Gasteiger partial charge in [0.05, 0.1) is 5.56 Å². The number of rotatable bonds is 7. The number of carbonyl (C=O) groups excluding carboxylic acids is 1. The molecular weight excluding hydrogens is 412 g/mol. The van der Waals surface area contributed by atoms with Crippen molar-refractivity contribution in [1.29, 1.82) is 10.5 Å². The van der Waals surface area contributed by atoms with Gasteiger partial charge in [-0.3, -0.25) is 4.79 Å². The number of carbonyl (C=O) groups is 1. The Balaban J connectivity index is 1.83. The second kappa shape index (κ2) is 9.79. The first kappa shape index (κ1) is 21.9. The van der Waals surface area contributed by atoms with Gasteiger partial charge in [-0.2, -0.15) is 10.5 Å². The highest BCUT2D eigenvalue weighted by Crippen LogP contribution is 2.35. The molecule has 9 heteroatoms. The van der Waals surface area contributed by atoms with Gasteiger partial charge in [0, 0.05) is 23.8 Å². The highest BCUT2D eigenvalue weighted by molar-refractivity contribution is 7.99. The molecule has 31 heavy (non-hydrogen) atoms. The molecule has 1 aromatic carbocycles. The fourth-order valence-corrected chi connectivity index (χ4v) is 3.91. The van der Waals surface area contributed by atoms with Crippen LogP contribution in [-0.4, -0.2) is 21.8 Å². The summed E-state index contributed by atoms with van der Waals surface area (Å²) in [4.78, 5) is 16.4. The molecule has 0 saturated heterocycles. The Kier molecular flexibility index (Phi) is 6.91. The molecule has 2 heterocycles. The normalized spacial score (nSPS) is 10.3. The molecule has 3 aromatic rings. The number of nitrogens with zero attached hydrogens (tertiary/aromatic N) is 4. The van der Waals surface area contributed by atoms with Crippen molar-refractivity contribution in [3.05, 3.63) is 52.8 Å². The number of anilines is 2. The monoisotopic (exact) mass is 432 g/mol. The van der Waals surface area contributed by atoms with Crippen LogP contribution < -0.4 is 11.1 Å². The van der Waals surface area contributed by atoms with Gasteiger partial charge in [0.25, 0.3) is 0 Å². The number of amides is 1. The number of thioether (sulfide) groups is 1. The molecule has 3 rings (SSSR count). The molecule has 0 atom stereocenters. The lowest BCUT2D eigenvalue weighted by Gasteiger charge is -2.13. The van der Waals surface area contributed by atoms with Gasteiger partial charge in [0.1, 0.15) is 34.3 Å². The van der Waals surface area contributed by atoms with Crippen LogP contribution >= 0.6 is 11.8 Å². The van der Waals surface area contributed by atoms with Gasteiger partial charge in [-0.05, 0) is 24.5 Å². The largest absolute Gasteiger partial charge is 0.383 e. The third kappa shape index (κ3) is 5.03. The molecule has 0 saturated carbocycles. The first-order valence-electron chi connectivity index (χ1n) is 9.55. The number of hydrogen-bond acceptors (Lipinski definition) is 8. The van der Waals surface area contributed by atoms with E-state index in [-0.39, 0.29) is 29.3 Å². The van der Waals surface area contributed by atoms with Crippen LogP contribution in [0.4, 0.5) is 11.6 Å². The summed E-state index contributed by atoms with van der Waals surface area (Å²) in [6.07, 6.45) is 1.05. The summed E-state index contributed by atoms with van der Waals surface area (Å²) in [6.45, 7) is 3.78. The fraction of sp³-hybridized carbons (Fsp3) is 0.227. The minimum Gasteiger partial charge on any atom is -0.383 e. The predicted octanol–water partition coefficient (Wildman–Crippen LogP) is 4.05. The number of pyridine rings is 1. The smallest absolute Gasteiger partial charge is 0.226 e. The first-order chi connectivity index (χ1) is 15.0. The van der Waals surface area contributed by atoms with E-state index in [4.69, 9.17) is 10.3 Å². The van der Waals surface area contributed by atoms with Gasteiger partial charge in [-0.25, -0.2) is 4.98 Å². The van der Waals surface area contributed by atoms with E-state index in [2.05, 4.69) is 34.5 Å². The highest BCUT2D eigenvalue weighted by atomic mass is 32.2. The van der Waals surface area contributed by atoms with Crippen molar-refractivity contribution in [3.63, 3.8) is 0 Å². The van der Waals surface area contributed by atoms with Crippen molar-refractivity contribution >= 4 is 29.3 Å². The lowest BCUT2D eigenvalue weighted by Crippen LogP contribution is -2.12. The van der Waals surface area contributed by atoms with Crippen molar-refractivity contribution in [1.82, 2.24) is 10.1 Å². The van der Waals surface area contributed by atoms with Crippen LogP contribution in [0.15, 0.2) is 39.9 Å². The number of hydrogen-bond donors (Lipinski definition) is 2. The van der Waals surface area contributed by atoms with Crippen molar-refractivity contribution < 1.29 is 9.32 Å². The second-order valence-corrected chi connectivity index (χ2v) is 7.75. The molecule has 0 fully saturated rings. The van der Waals surface area contributed by atoms with Gasteiger partial charge in [-0.15, -0.1) is 11.8 Å². The maximum Gasteiger partial charge on any atom is 0.226 e. The van der Waals surface area contributed by atoms with Crippen molar-refractivity contribution in [2.75, 3.05) is 16.8 Å². The second-order valence-electron chi connectivity index (χ2n) is 6.67. The lowest BCUT2D eigenvalue weighted by molar-refractivity contribution is -0.115. The summed E-state index contributed by atoms with van der Waals surface area (Å²) < 4.78 is 4.92. The Bertz CT molecular complexity index is 1190. The van der Waals surface area contributed by atoms with E-state index >= 15 is 0 Å². The van der Waals surface area contributed by atoms with Crippen LogP contribution in [0, 0.1) is 29.6 Å². The quantitative estimate of drug-likeness (QED) is 0.532. The fourth-order valence-electron chi connectivity index (χ4n) is 2.97. The standard InChI is InChI=1S/C22H20N6O2S/c1-3-14-4-6-15(7-5-14)20-16(11-23)21(25)27-22(17(20)12-24)31-9-8-19(29)26-18-10-13(2)30-28-18/h4-7,10H,3,8-9H2,1-2H3,(H2,25,27)(H,26,28,29). The Hall–Kier alpha value is -3.82. The molecule has 0 aliphatic rings. The molecule has 0 radical (unpaired) electrons. The zero-order valence-corrected chi connectivity index (χ0v) is 17.9. The van der Waals surface area contributed by atoms with Gasteiger partial charge < -0.3 is 15.6 Å². The molecule has 156 valence electrons. The Morgan fingerprint density at radius 1 is 1.23 bits per heavy atom.